The Labute approximate surface area is 70.2 Å². The van der Waals surface area contributed by atoms with Gasteiger partial charge in [0.05, 0.1) is 0 Å². The van der Waals surface area contributed by atoms with E-state index in [1.165, 1.54) is 6.42 Å². The van der Waals surface area contributed by atoms with E-state index in [2.05, 4.69) is 13.8 Å². The first-order valence-corrected chi connectivity index (χ1v) is 4.72. The van der Waals surface area contributed by atoms with Crippen molar-refractivity contribution in [3.63, 3.8) is 0 Å². The SMILES string of the molecule is CCC(C)CCC(F)C(C)C. The third kappa shape index (κ3) is 5.23. The Bertz CT molecular complexity index is 88.9. The van der Waals surface area contributed by atoms with E-state index in [9.17, 15) is 4.39 Å². The molecule has 0 spiro atoms. The van der Waals surface area contributed by atoms with Crippen LogP contribution in [-0.4, -0.2) is 6.17 Å². The molecule has 1 heteroatoms. The summed E-state index contributed by atoms with van der Waals surface area (Å²) in [6, 6.07) is 0. The highest BCUT2D eigenvalue weighted by atomic mass is 19.1. The Kier molecular flexibility index (Phi) is 5.53. The Morgan fingerprint density at radius 1 is 1.09 bits per heavy atom. The first-order chi connectivity index (χ1) is 5.07. The van der Waals surface area contributed by atoms with E-state index in [1.54, 1.807) is 0 Å². The maximum atomic E-state index is 13.0. The fourth-order valence-electron chi connectivity index (χ4n) is 0.981. The van der Waals surface area contributed by atoms with Crippen LogP contribution in [0, 0.1) is 11.8 Å². The largest absolute Gasteiger partial charge is 0.247 e. The molecule has 0 aliphatic rings. The van der Waals surface area contributed by atoms with Crippen LogP contribution in [0.4, 0.5) is 4.39 Å². The Morgan fingerprint density at radius 2 is 1.64 bits per heavy atom. The van der Waals surface area contributed by atoms with Gasteiger partial charge in [0.15, 0.2) is 0 Å². The number of alkyl halides is 1. The lowest BCUT2D eigenvalue weighted by Gasteiger charge is -2.14. The molecule has 2 unspecified atom stereocenters. The monoisotopic (exact) mass is 160 g/mol. The van der Waals surface area contributed by atoms with Crippen molar-refractivity contribution >= 4 is 0 Å². The van der Waals surface area contributed by atoms with Gasteiger partial charge < -0.3 is 0 Å². The summed E-state index contributed by atoms with van der Waals surface area (Å²) >= 11 is 0. The number of hydrogen-bond acceptors (Lipinski definition) is 0. The molecule has 0 N–H and O–H groups in total. The predicted molar refractivity (Wildman–Crippen MR) is 48.4 cm³/mol. The van der Waals surface area contributed by atoms with Crippen LogP contribution in [0.5, 0.6) is 0 Å². The number of hydrogen-bond donors (Lipinski definition) is 0. The summed E-state index contributed by atoms with van der Waals surface area (Å²) < 4.78 is 13.0. The lowest BCUT2D eigenvalue weighted by Crippen LogP contribution is -2.10. The van der Waals surface area contributed by atoms with Crippen molar-refractivity contribution in [3.8, 4) is 0 Å². The van der Waals surface area contributed by atoms with Gasteiger partial charge in [-0.1, -0.05) is 34.1 Å². The van der Waals surface area contributed by atoms with Crippen molar-refractivity contribution < 1.29 is 4.39 Å². The molecule has 0 heterocycles. The zero-order chi connectivity index (χ0) is 8.85. The Morgan fingerprint density at radius 3 is 2.00 bits per heavy atom. The summed E-state index contributed by atoms with van der Waals surface area (Å²) in [7, 11) is 0. The van der Waals surface area contributed by atoms with E-state index in [1.807, 2.05) is 13.8 Å². The van der Waals surface area contributed by atoms with Crippen LogP contribution in [-0.2, 0) is 0 Å². The Balaban J connectivity index is 3.37. The first-order valence-electron chi connectivity index (χ1n) is 4.72. The van der Waals surface area contributed by atoms with Crippen molar-refractivity contribution in [2.45, 2.75) is 53.1 Å². The van der Waals surface area contributed by atoms with E-state index < -0.39 is 6.17 Å². The van der Waals surface area contributed by atoms with Gasteiger partial charge in [0.2, 0.25) is 0 Å². The summed E-state index contributed by atoms with van der Waals surface area (Å²) in [6.07, 6.45) is 2.36. The van der Waals surface area contributed by atoms with Gasteiger partial charge in [-0.05, 0) is 24.7 Å². The van der Waals surface area contributed by atoms with E-state index >= 15 is 0 Å². The molecule has 0 amide bonds. The van der Waals surface area contributed by atoms with Crippen LogP contribution in [0.25, 0.3) is 0 Å². The second-order valence-corrected chi connectivity index (χ2v) is 3.85. The third-order valence-electron chi connectivity index (χ3n) is 2.36. The fourth-order valence-corrected chi connectivity index (χ4v) is 0.981. The molecular formula is C10H21F. The smallest absolute Gasteiger partial charge is 0.102 e. The quantitative estimate of drug-likeness (QED) is 0.573. The predicted octanol–water partition coefficient (Wildman–Crippen LogP) is 3.81. The van der Waals surface area contributed by atoms with Crippen LogP contribution in [0.1, 0.15) is 47.0 Å². The second kappa shape index (κ2) is 5.56. The van der Waals surface area contributed by atoms with Gasteiger partial charge >= 0.3 is 0 Å². The maximum Gasteiger partial charge on any atom is 0.102 e. The molecule has 11 heavy (non-hydrogen) atoms. The lowest BCUT2D eigenvalue weighted by atomic mass is 9.97. The van der Waals surface area contributed by atoms with Gasteiger partial charge in [0, 0.05) is 0 Å². The lowest BCUT2D eigenvalue weighted by molar-refractivity contribution is 0.224. The van der Waals surface area contributed by atoms with Crippen molar-refractivity contribution in [2.75, 3.05) is 0 Å². The second-order valence-electron chi connectivity index (χ2n) is 3.85. The molecule has 0 aromatic rings. The molecule has 2 atom stereocenters. The van der Waals surface area contributed by atoms with Gasteiger partial charge in [0.1, 0.15) is 6.17 Å². The maximum absolute atomic E-state index is 13.0. The molecule has 0 bridgehead atoms. The summed E-state index contributed by atoms with van der Waals surface area (Å²) in [4.78, 5) is 0. The zero-order valence-electron chi connectivity index (χ0n) is 8.23. The molecule has 0 fully saturated rings. The molecule has 0 aromatic carbocycles. The van der Waals surface area contributed by atoms with Crippen LogP contribution < -0.4 is 0 Å². The summed E-state index contributed by atoms with van der Waals surface area (Å²) in [5.74, 6) is 0.881. The molecule has 68 valence electrons. The highest BCUT2D eigenvalue weighted by Gasteiger charge is 2.11. The average Bonchev–Trinajstić information content (AvgIpc) is 1.99. The molecule has 0 radical (unpaired) electrons. The van der Waals surface area contributed by atoms with Gasteiger partial charge in [-0.15, -0.1) is 0 Å². The molecule has 0 aromatic heterocycles. The third-order valence-corrected chi connectivity index (χ3v) is 2.36. The molecule has 0 nitrogen and oxygen atoms in total. The van der Waals surface area contributed by atoms with E-state index in [0.29, 0.717) is 5.92 Å². The van der Waals surface area contributed by atoms with E-state index in [4.69, 9.17) is 0 Å². The molecule has 0 saturated heterocycles. The average molecular weight is 160 g/mol. The zero-order valence-corrected chi connectivity index (χ0v) is 8.23. The highest BCUT2D eigenvalue weighted by molar-refractivity contribution is 4.62. The fraction of sp³-hybridized carbons (Fsp3) is 1.00. The molecule has 0 saturated carbocycles. The summed E-state index contributed by atoms with van der Waals surface area (Å²) in [6.45, 7) is 8.24. The van der Waals surface area contributed by atoms with Crippen LogP contribution >= 0.6 is 0 Å². The first kappa shape index (κ1) is 10.9. The van der Waals surface area contributed by atoms with E-state index in [-0.39, 0.29) is 5.92 Å². The van der Waals surface area contributed by atoms with Gasteiger partial charge in [-0.2, -0.15) is 0 Å². The minimum absolute atomic E-state index is 0.194. The number of rotatable bonds is 5. The highest BCUT2D eigenvalue weighted by Crippen LogP contribution is 2.17. The Hall–Kier alpha value is -0.0700. The van der Waals surface area contributed by atoms with Crippen LogP contribution in [0.3, 0.4) is 0 Å². The van der Waals surface area contributed by atoms with Gasteiger partial charge in [0.25, 0.3) is 0 Å². The molecule has 0 aliphatic heterocycles. The number of halogens is 1. The van der Waals surface area contributed by atoms with Gasteiger partial charge in [-0.3, -0.25) is 0 Å². The van der Waals surface area contributed by atoms with Gasteiger partial charge in [-0.25, -0.2) is 4.39 Å². The minimum atomic E-state index is -0.594. The van der Waals surface area contributed by atoms with Crippen molar-refractivity contribution in [3.05, 3.63) is 0 Å². The minimum Gasteiger partial charge on any atom is -0.247 e. The van der Waals surface area contributed by atoms with Crippen LogP contribution in [0.15, 0.2) is 0 Å². The van der Waals surface area contributed by atoms with Crippen molar-refractivity contribution in [1.29, 1.82) is 0 Å². The molecular weight excluding hydrogens is 139 g/mol. The summed E-state index contributed by atoms with van der Waals surface area (Å²) in [5.41, 5.74) is 0. The van der Waals surface area contributed by atoms with Crippen LogP contribution in [0.2, 0.25) is 0 Å². The summed E-state index contributed by atoms with van der Waals surface area (Å²) in [5, 5.41) is 0. The normalized spacial score (nSPS) is 16.9. The standard InChI is InChI=1S/C10H21F/c1-5-9(4)6-7-10(11)8(2)3/h8-10H,5-7H2,1-4H3. The van der Waals surface area contributed by atoms with Crippen molar-refractivity contribution in [2.24, 2.45) is 11.8 Å². The molecule has 0 rings (SSSR count). The van der Waals surface area contributed by atoms with Crippen molar-refractivity contribution in [1.82, 2.24) is 0 Å². The molecule has 0 aliphatic carbocycles. The van der Waals surface area contributed by atoms with E-state index in [0.717, 1.165) is 12.8 Å². The topological polar surface area (TPSA) is 0 Å².